The van der Waals surface area contributed by atoms with Crippen LogP contribution in [0.25, 0.3) is 0 Å². The molecule has 20 heavy (non-hydrogen) atoms. The second-order valence-electron chi connectivity index (χ2n) is 5.46. The summed E-state index contributed by atoms with van der Waals surface area (Å²) in [7, 11) is 0. The fraction of sp³-hybridized carbons (Fsp3) is 0.529. The van der Waals surface area contributed by atoms with E-state index in [4.69, 9.17) is 0 Å². The number of ketones is 1. The predicted octanol–water partition coefficient (Wildman–Crippen LogP) is 3.53. The topological polar surface area (TPSA) is 37.4 Å². The van der Waals surface area contributed by atoms with Crippen LogP contribution in [0.1, 0.15) is 51.4 Å². The van der Waals surface area contributed by atoms with Gasteiger partial charge in [0, 0.05) is 13.0 Å². The maximum Gasteiger partial charge on any atom is 0.250 e. The SMILES string of the molecule is C=CC(=O)N(CCC1=CCCCC1)C1=CCCCC1=O. The summed E-state index contributed by atoms with van der Waals surface area (Å²) >= 11 is 0. The number of carbonyl (C=O) groups excluding carboxylic acids is 2. The van der Waals surface area contributed by atoms with Crippen LogP contribution < -0.4 is 0 Å². The Labute approximate surface area is 121 Å². The van der Waals surface area contributed by atoms with Gasteiger partial charge in [-0.05, 0) is 51.0 Å². The van der Waals surface area contributed by atoms with Crippen LogP contribution in [0.4, 0.5) is 0 Å². The second-order valence-corrected chi connectivity index (χ2v) is 5.46. The number of hydrogen-bond donors (Lipinski definition) is 0. The summed E-state index contributed by atoms with van der Waals surface area (Å²) in [5.74, 6) is -0.0769. The molecule has 3 nitrogen and oxygen atoms in total. The highest BCUT2D eigenvalue weighted by molar-refractivity contribution is 6.01. The lowest BCUT2D eigenvalue weighted by Gasteiger charge is -2.26. The van der Waals surface area contributed by atoms with Gasteiger partial charge in [-0.25, -0.2) is 0 Å². The fourth-order valence-corrected chi connectivity index (χ4v) is 2.85. The van der Waals surface area contributed by atoms with Gasteiger partial charge < -0.3 is 4.90 Å². The van der Waals surface area contributed by atoms with Crippen LogP contribution in [-0.4, -0.2) is 23.1 Å². The molecule has 0 bridgehead atoms. The summed E-state index contributed by atoms with van der Waals surface area (Å²) in [6.07, 6.45) is 13.5. The van der Waals surface area contributed by atoms with Crippen molar-refractivity contribution in [2.24, 2.45) is 0 Å². The highest BCUT2D eigenvalue weighted by Gasteiger charge is 2.23. The number of amides is 1. The van der Waals surface area contributed by atoms with Gasteiger partial charge in [0.25, 0.3) is 0 Å². The van der Waals surface area contributed by atoms with Crippen molar-refractivity contribution < 1.29 is 9.59 Å². The fourth-order valence-electron chi connectivity index (χ4n) is 2.85. The Balaban J connectivity index is 2.05. The maximum atomic E-state index is 12.0. The zero-order valence-electron chi connectivity index (χ0n) is 12.1. The first kappa shape index (κ1) is 14.8. The Morgan fingerprint density at radius 1 is 1.20 bits per heavy atom. The third-order valence-corrected chi connectivity index (χ3v) is 4.00. The highest BCUT2D eigenvalue weighted by Crippen LogP contribution is 2.23. The number of carbonyl (C=O) groups is 2. The summed E-state index contributed by atoms with van der Waals surface area (Å²) in [4.78, 5) is 25.6. The van der Waals surface area contributed by atoms with Gasteiger partial charge in [-0.1, -0.05) is 24.3 Å². The Bertz CT molecular complexity index is 460. The highest BCUT2D eigenvalue weighted by atomic mass is 16.2. The third kappa shape index (κ3) is 3.69. The van der Waals surface area contributed by atoms with Gasteiger partial charge in [0.1, 0.15) is 0 Å². The third-order valence-electron chi connectivity index (χ3n) is 4.00. The minimum Gasteiger partial charge on any atom is -0.306 e. The molecule has 0 N–H and O–H groups in total. The van der Waals surface area contributed by atoms with Gasteiger partial charge in [-0.3, -0.25) is 9.59 Å². The molecule has 0 saturated carbocycles. The molecule has 0 aromatic rings. The molecule has 1 amide bonds. The molecule has 0 unspecified atom stereocenters. The molecule has 0 aromatic carbocycles. The van der Waals surface area contributed by atoms with Crippen LogP contribution in [0, 0.1) is 0 Å². The summed E-state index contributed by atoms with van der Waals surface area (Å²) in [6, 6.07) is 0. The number of rotatable bonds is 5. The molecule has 2 rings (SSSR count). The van der Waals surface area contributed by atoms with Gasteiger partial charge >= 0.3 is 0 Å². The van der Waals surface area contributed by atoms with Crippen molar-refractivity contribution >= 4 is 11.7 Å². The average Bonchev–Trinajstić information content (AvgIpc) is 2.50. The molecule has 0 heterocycles. The number of hydrogen-bond acceptors (Lipinski definition) is 2. The van der Waals surface area contributed by atoms with Crippen LogP contribution in [0.15, 0.2) is 36.1 Å². The van der Waals surface area contributed by atoms with E-state index in [1.807, 2.05) is 6.08 Å². The Morgan fingerprint density at radius 3 is 2.65 bits per heavy atom. The van der Waals surface area contributed by atoms with Crippen molar-refractivity contribution in [1.29, 1.82) is 0 Å². The Kier molecular flexibility index (Phi) is 5.33. The Morgan fingerprint density at radius 2 is 2.00 bits per heavy atom. The summed E-state index contributed by atoms with van der Waals surface area (Å²) in [6.45, 7) is 4.14. The van der Waals surface area contributed by atoms with Gasteiger partial charge in [0.2, 0.25) is 5.91 Å². The smallest absolute Gasteiger partial charge is 0.250 e. The molecule has 3 heteroatoms. The molecule has 0 spiro atoms. The molecule has 0 radical (unpaired) electrons. The normalized spacial score (nSPS) is 19.1. The molecular formula is C17H23NO2. The van der Waals surface area contributed by atoms with Gasteiger partial charge in [-0.2, -0.15) is 0 Å². The molecule has 108 valence electrons. The molecule has 0 saturated heterocycles. The van der Waals surface area contributed by atoms with E-state index in [1.54, 1.807) is 4.90 Å². The van der Waals surface area contributed by atoms with Crippen LogP contribution in [0.2, 0.25) is 0 Å². The number of Topliss-reactive ketones (excluding diaryl/α,β-unsaturated/α-hetero) is 1. The number of allylic oxidation sites excluding steroid dienone is 3. The van der Waals surface area contributed by atoms with E-state index < -0.39 is 0 Å². The monoisotopic (exact) mass is 273 g/mol. The quantitative estimate of drug-likeness (QED) is 0.567. The van der Waals surface area contributed by atoms with Crippen LogP contribution >= 0.6 is 0 Å². The summed E-state index contributed by atoms with van der Waals surface area (Å²) < 4.78 is 0. The molecular weight excluding hydrogens is 250 g/mol. The van der Waals surface area contributed by atoms with E-state index >= 15 is 0 Å². The van der Waals surface area contributed by atoms with Crippen molar-refractivity contribution in [2.45, 2.75) is 51.4 Å². The summed E-state index contributed by atoms with van der Waals surface area (Å²) in [5, 5.41) is 0. The van der Waals surface area contributed by atoms with Gasteiger partial charge in [0.15, 0.2) is 5.78 Å². The molecule has 0 atom stereocenters. The van der Waals surface area contributed by atoms with Crippen LogP contribution in [-0.2, 0) is 9.59 Å². The zero-order valence-corrected chi connectivity index (χ0v) is 12.1. The zero-order chi connectivity index (χ0) is 14.4. The lowest BCUT2D eigenvalue weighted by Crippen LogP contribution is -2.34. The van der Waals surface area contributed by atoms with E-state index in [1.165, 1.54) is 24.5 Å². The van der Waals surface area contributed by atoms with E-state index in [0.717, 1.165) is 32.1 Å². The van der Waals surface area contributed by atoms with E-state index in [2.05, 4.69) is 12.7 Å². The maximum absolute atomic E-state index is 12.0. The van der Waals surface area contributed by atoms with Crippen molar-refractivity contribution in [2.75, 3.05) is 6.54 Å². The van der Waals surface area contributed by atoms with Crippen molar-refractivity contribution in [1.82, 2.24) is 4.90 Å². The van der Waals surface area contributed by atoms with Crippen molar-refractivity contribution in [3.8, 4) is 0 Å². The second kappa shape index (κ2) is 7.22. The molecule has 0 aliphatic heterocycles. The van der Waals surface area contributed by atoms with E-state index in [9.17, 15) is 9.59 Å². The van der Waals surface area contributed by atoms with Crippen molar-refractivity contribution in [3.63, 3.8) is 0 Å². The molecule has 0 aromatic heterocycles. The minimum absolute atomic E-state index is 0.0871. The summed E-state index contributed by atoms with van der Waals surface area (Å²) in [5.41, 5.74) is 2.00. The Hall–Kier alpha value is -1.64. The average molecular weight is 273 g/mol. The molecule has 2 aliphatic rings. The first-order valence-electron chi connectivity index (χ1n) is 7.57. The number of nitrogens with zero attached hydrogens (tertiary/aromatic N) is 1. The van der Waals surface area contributed by atoms with E-state index in [-0.39, 0.29) is 11.7 Å². The largest absolute Gasteiger partial charge is 0.306 e. The first-order chi connectivity index (χ1) is 9.72. The first-order valence-corrected chi connectivity index (χ1v) is 7.57. The predicted molar refractivity (Wildman–Crippen MR) is 80.0 cm³/mol. The van der Waals surface area contributed by atoms with Crippen LogP contribution in [0.5, 0.6) is 0 Å². The van der Waals surface area contributed by atoms with Crippen molar-refractivity contribution in [3.05, 3.63) is 36.1 Å². The lowest BCUT2D eigenvalue weighted by atomic mass is 9.96. The molecule has 2 aliphatic carbocycles. The lowest BCUT2D eigenvalue weighted by molar-refractivity contribution is -0.128. The molecule has 0 fully saturated rings. The van der Waals surface area contributed by atoms with E-state index in [0.29, 0.717) is 18.7 Å². The standard InChI is InChI=1S/C17H23NO2/c1-2-17(20)18(15-10-6-7-11-16(15)19)13-12-14-8-4-3-5-9-14/h2,8,10H,1,3-7,9,11-13H2. The van der Waals surface area contributed by atoms with Crippen LogP contribution in [0.3, 0.4) is 0 Å². The van der Waals surface area contributed by atoms with Gasteiger partial charge in [-0.15, -0.1) is 0 Å². The minimum atomic E-state index is -0.164. The van der Waals surface area contributed by atoms with Gasteiger partial charge in [0.05, 0.1) is 5.70 Å².